The van der Waals surface area contributed by atoms with Crippen molar-refractivity contribution in [1.82, 2.24) is 4.90 Å². The molecule has 1 saturated heterocycles. The summed E-state index contributed by atoms with van der Waals surface area (Å²) >= 11 is 0. The van der Waals surface area contributed by atoms with E-state index in [1.807, 2.05) is 45.2 Å². The summed E-state index contributed by atoms with van der Waals surface area (Å²) in [5.74, 6) is 1.34. The van der Waals surface area contributed by atoms with Crippen LogP contribution >= 0.6 is 0 Å². The summed E-state index contributed by atoms with van der Waals surface area (Å²) in [6.07, 6.45) is 0.681. The van der Waals surface area contributed by atoms with Gasteiger partial charge < -0.3 is 4.74 Å². The van der Waals surface area contributed by atoms with Crippen LogP contribution in [0.3, 0.4) is 0 Å². The lowest BCUT2D eigenvalue weighted by Gasteiger charge is -2.34. The third-order valence-corrected chi connectivity index (χ3v) is 6.15. The van der Waals surface area contributed by atoms with Crippen molar-refractivity contribution in [1.29, 1.82) is 0 Å². The van der Waals surface area contributed by atoms with Gasteiger partial charge in [-0.05, 0) is 39.0 Å². The highest BCUT2D eigenvalue weighted by molar-refractivity contribution is 7.91. The van der Waals surface area contributed by atoms with Gasteiger partial charge in [0, 0.05) is 17.6 Å². The van der Waals surface area contributed by atoms with Gasteiger partial charge >= 0.3 is 0 Å². The van der Waals surface area contributed by atoms with Crippen molar-refractivity contribution in [2.24, 2.45) is 0 Å². The van der Waals surface area contributed by atoms with Gasteiger partial charge in [-0.15, -0.1) is 0 Å². The van der Waals surface area contributed by atoms with Crippen molar-refractivity contribution in [2.75, 3.05) is 25.2 Å². The molecule has 0 bridgehead atoms. The molecule has 4 nitrogen and oxygen atoms in total. The predicted octanol–water partition coefficient (Wildman–Crippen LogP) is 2.65. The molecule has 0 aromatic heterocycles. The molecule has 0 spiro atoms. The predicted molar refractivity (Wildman–Crippen MR) is 89.9 cm³/mol. The van der Waals surface area contributed by atoms with E-state index < -0.39 is 9.84 Å². The van der Waals surface area contributed by atoms with E-state index in [4.69, 9.17) is 4.74 Å². The number of benzene rings is 1. The van der Waals surface area contributed by atoms with Gasteiger partial charge in [0.25, 0.3) is 0 Å². The second kappa shape index (κ2) is 6.42. The normalized spacial score (nSPS) is 23.6. The molecule has 5 heteroatoms. The van der Waals surface area contributed by atoms with Crippen molar-refractivity contribution in [3.05, 3.63) is 42.0 Å². The fourth-order valence-electron chi connectivity index (χ4n) is 2.72. The minimum atomic E-state index is -2.91. The Balaban J connectivity index is 2.12. The topological polar surface area (TPSA) is 46.6 Å². The van der Waals surface area contributed by atoms with E-state index in [1.54, 1.807) is 0 Å². The van der Waals surface area contributed by atoms with Crippen molar-refractivity contribution < 1.29 is 13.2 Å². The number of hydrogen-bond donors (Lipinski definition) is 0. The van der Waals surface area contributed by atoms with Crippen molar-refractivity contribution in [3.8, 4) is 5.75 Å². The van der Waals surface area contributed by atoms with E-state index in [0.717, 1.165) is 16.9 Å². The molecule has 1 aromatic carbocycles. The highest BCUT2D eigenvalue weighted by Gasteiger charge is 2.41. The van der Waals surface area contributed by atoms with Crippen LogP contribution < -0.4 is 4.74 Å². The van der Waals surface area contributed by atoms with E-state index in [-0.39, 0.29) is 17.0 Å². The number of ether oxygens (including phenoxy) is 1. The Hall–Kier alpha value is -1.33. The summed E-state index contributed by atoms with van der Waals surface area (Å²) in [4.78, 5) is 2.13. The van der Waals surface area contributed by atoms with E-state index in [1.165, 1.54) is 0 Å². The van der Waals surface area contributed by atoms with Gasteiger partial charge in [-0.25, -0.2) is 8.42 Å². The monoisotopic (exact) mass is 323 g/mol. The third kappa shape index (κ3) is 4.11. The highest BCUT2D eigenvalue weighted by atomic mass is 32.2. The lowest BCUT2D eigenvalue weighted by Crippen LogP contribution is -2.44. The van der Waals surface area contributed by atoms with Gasteiger partial charge in [-0.3, -0.25) is 4.90 Å². The molecule has 0 unspecified atom stereocenters. The fourth-order valence-corrected chi connectivity index (χ4v) is 4.92. The van der Waals surface area contributed by atoms with Crippen LogP contribution in [0.2, 0.25) is 0 Å². The zero-order valence-electron chi connectivity index (χ0n) is 13.6. The van der Waals surface area contributed by atoms with E-state index >= 15 is 0 Å². The van der Waals surface area contributed by atoms with Crippen LogP contribution in [0.15, 0.2) is 36.4 Å². The molecule has 1 fully saturated rings. The molecule has 0 amide bonds. The van der Waals surface area contributed by atoms with Crippen LogP contribution in [0.1, 0.15) is 25.8 Å². The molecule has 22 heavy (non-hydrogen) atoms. The maximum Gasteiger partial charge on any atom is 0.152 e. The Morgan fingerprint density at radius 1 is 1.41 bits per heavy atom. The van der Waals surface area contributed by atoms with Gasteiger partial charge in [-0.1, -0.05) is 24.8 Å². The Labute approximate surface area is 133 Å². The number of para-hydroxylation sites is 1. The first kappa shape index (κ1) is 17.0. The zero-order valence-corrected chi connectivity index (χ0v) is 14.4. The minimum Gasteiger partial charge on any atom is -0.489 e. The van der Waals surface area contributed by atoms with E-state index in [9.17, 15) is 8.42 Å². The Kier molecular flexibility index (Phi) is 4.97. The maximum atomic E-state index is 11.8. The zero-order chi connectivity index (χ0) is 16.4. The van der Waals surface area contributed by atoms with Crippen LogP contribution in [-0.4, -0.2) is 44.0 Å². The van der Waals surface area contributed by atoms with Gasteiger partial charge in [0.2, 0.25) is 0 Å². The quantitative estimate of drug-likeness (QED) is 0.755. The summed E-state index contributed by atoms with van der Waals surface area (Å²) in [5.41, 5.74) is 1.73. The Morgan fingerprint density at radius 2 is 2.09 bits per heavy atom. The van der Waals surface area contributed by atoms with E-state index in [0.29, 0.717) is 19.6 Å². The standard InChI is InChI=1S/C17H25NO3S/c1-14(2)12-21-16-8-6-5-7-15(16)11-18(4)17(3)9-10-22(19,20)13-17/h5-8H,1,9-13H2,2-4H3/t17-/m0/s1. The second-order valence-corrected chi connectivity index (χ2v) is 8.73. The average molecular weight is 323 g/mol. The molecule has 122 valence electrons. The highest BCUT2D eigenvalue weighted by Crippen LogP contribution is 2.31. The molecule has 2 rings (SSSR count). The van der Waals surface area contributed by atoms with Crippen molar-refractivity contribution in [2.45, 2.75) is 32.4 Å². The smallest absolute Gasteiger partial charge is 0.152 e. The van der Waals surface area contributed by atoms with Crippen LogP contribution in [0.5, 0.6) is 5.75 Å². The van der Waals surface area contributed by atoms with Crippen LogP contribution in [0, 0.1) is 0 Å². The van der Waals surface area contributed by atoms with Crippen molar-refractivity contribution >= 4 is 9.84 Å². The SMILES string of the molecule is C=C(C)COc1ccccc1CN(C)[C@@]1(C)CCS(=O)(=O)C1. The number of rotatable bonds is 6. The minimum absolute atomic E-state index is 0.227. The van der Waals surface area contributed by atoms with Gasteiger partial charge in [0.15, 0.2) is 9.84 Å². The lowest BCUT2D eigenvalue weighted by atomic mass is 9.99. The van der Waals surface area contributed by atoms with Crippen LogP contribution in [-0.2, 0) is 16.4 Å². The summed E-state index contributed by atoms with van der Waals surface area (Å²) in [7, 11) is -0.925. The molecule has 1 aromatic rings. The summed E-state index contributed by atoms with van der Waals surface area (Å²) < 4.78 is 29.4. The second-order valence-electron chi connectivity index (χ2n) is 6.55. The molecular formula is C17H25NO3S. The first-order chi connectivity index (χ1) is 10.2. The first-order valence-corrected chi connectivity index (χ1v) is 9.31. The van der Waals surface area contributed by atoms with E-state index in [2.05, 4.69) is 11.5 Å². The molecule has 1 atom stereocenters. The molecule has 1 aliphatic rings. The average Bonchev–Trinajstić information content (AvgIpc) is 2.73. The van der Waals surface area contributed by atoms with Crippen LogP contribution in [0.4, 0.5) is 0 Å². The molecule has 0 radical (unpaired) electrons. The summed E-state index contributed by atoms with van der Waals surface area (Å²) in [6.45, 7) is 8.96. The molecule has 0 N–H and O–H groups in total. The fraction of sp³-hybridized carbons (Fsp3) is 0.529. The Bertz CT molecular complexity index is 654. The molecule has 1 heterocycles. The summed E-state index contributed by atoms with van der Waals surface area (Å²) in [6, 6.07) is 7.89. The maximum absolute atomic E-state index is 11.8. The number of hydrogen-bond acceptors (Lipinski definition) is 4. The van der Waals surface area contributed by atoms with Gasteiger partial charge in [0.1, 0.15) is 12.4 Å². The van der Waals surface area contributed by atoms with Gasteiger partial charge in [-0.2, -0.15) is 0 Å². The first-order valence-electron chi connectivity index (χ1n) is 7.49. The number of nitrogens with zero attached hydrogens (tertiary/aromatic N) is 1. The summed E-state index contributed by atoms with van der Waals surface area (Å²) in [5, 5.41) is 0. The third-order valence-electron chi connectivity index (χ3n) is 4.26. The van der Waals surface area contributed by atoms with Gasteiger partial charge in [0.05, 0.1) is 11.5 Å². The molecule has 1 aliphatic heterocycles. The number of sulfone groups is 1. The molecule has 0 aliphatic carbocycles. The Morgan fingerprint density at radius 3 is 2.68 bits per heavy atom. The molecular weight excluding hydrogens is 298 g/mol. The lowest BCUT2D eigenvalue weighted by molar-refractivity contribution is 0.152. The van der Waals surface area contributed by atoms with Crippen molar-refractivity contribution in [3.63, 3.8) is 0 Å². The molecule has 0 saturated carbocycles. The van der Waals surface area contributed by atoms with Crippen LogP contribution in [0.25, 0.3) is 0 Å². The largest absolute Gasteiger partial charge is 0.489 e.